The second kappa shape index (κ2) is 8.85. The summed E-state index contributed by atoms with van der Waals surface area (Å²) in [7, 11) is 1.67. The molecule has 0 amide bonds. The van der Waals surface area contributed by atoms with E-state index in [4.69, 9.17) is 15.2 Å². The zero-order valence-electron chi connectivity index (χ0n) is 13.2. The van der Waals surface area contributed by atoms with Crippen molar-refractivity contribution in [3.8, 4) is 11.5 Å². The van der Waals surface area contributed by atoms with Crippen molar-refractivity contribution < 1.29 is 9.47 Å². The highest BCUT2D eigenvalue weighted by Gasteiger charge is 2.25. The maximum Gasteiger partial charge on any atom is 0.161 e. The first-order chi connectivity index (χ1) is 9.71. The number of nitrogens with two attached hydrogens (primary N) is 1. The van der Waals surface area contributed by atoms with E-state index < -0.39 is 0 Å². The molecule has 0 aromatic heterocycles. The van der Waals surface area contributed by atoms with Crippen LogP contribution in [0.4, 0.5) is 0 Å². The number of unbranched alkanes of at least 4 members (excludes halogenated alkanes) is 1. The van der Waals surface area contributed by atoms with E-state index in [2.05, 4.69) is 13.8 Å². The summed E-state index contributed by atoms with van der Waals surface area (Å²) in [4.78, 5) is 0. The Hall–Kier alpha value is -1.22. The minimum atomic E-state index is 0.220. The Morgan fingerprint density at radius 2 is 1.80 bits per heavy atom. The van der Waals surface area contributed by atoms with E-state index in [1.807, 2.05) is 24.3 Å². The van der Waals surface area contributed by atoms with Gasteiger partial charge in [0, 0.05) is 0 Å². The average molecular weight is 279 g/mol. The second-order valence-electron chi connectivity index (χ2n) is 5.41. The van der Waals surface area contributed by atoms with E-state index in [0.29, 0.717) is 6.61 Å². The molecule has 1 aromatic rings. The molecule has 3 heteroatoms. The van der Waals surface area contributed by atoms with E-state index in [1.54, 1.807) is 7.11 Å². The maximum atomic E-state index is 6.01. The van der Waals surface area contributed by atoms with Crippen molar-refractivity contribution >= 4 is 0 Å². The van der Waals surface area contributed by atoms with Crippen molar-refractivity contribution in [1.82, 2.24) is 0 Å². The Balaban J connectivity index is 2.55. The van der Waals surface area contributed by atoms with E-state index in [1.165, 1.54) is 19.3 Å². The predicted octanol–water partition coefficient (Wildman–Crippen LogP) is 4.01. The van der Waals surface area contributed by atoms with Crippen LogP contribution in [0, 0.1) is 5.41 Å². The van der Waals surface area contributed by atoms with Gasteiger partial charge in [-0.1, -0.05) is 38.8 Å². The first-order valence-electron chi connectivity index (χ1n) is 7.67. The second-order valence-corrected chi connectivity index (χ2v) is 5.41. The molecule has 1 unspecified atom stereocenters. The van der Waals surface area contributed by atoms with Gasteiger partial charge in [0.2, 0.25) is 0 Å². The van der Waals surface area contributed by atoms with Gasteiger partial charge in [-0.25, -0.2) is 0 Å². The van der Waals surface area contributed by atoms with Crippen LogP contribution in [0.3, 0.4) is 0 Å². The molecule has 20 heavy (non-hydrogen) atoms. The normalized spacial score (nSPS) is 13.8. The third-order valence-electron chi connectivity index (χ3n) is 4.20. The van der Waals surface area contributed by atoms with E-state index in [0.717, 1.165) is 30.9 Å². The Kier molecular flexibility index (Phi) is 7.45. The predicted molar refractivity (Wildman–Crippen MR) is 84.4 cm³/mol. The molecule has 0 spiro atoms. The van der Waals surface area contributed by atoms with Crippen LogP contribution in [0.1, 0.15) is 46.0 Å². The van der Waals surface area contributed by atoms with Crippen molar-refractivity contribution in [3.05, 3.63) is 24.3 Å². The summed E-state index contributed by atoms with van der Waals surface area (Å²) in [5, 5.41) is 0. The van der Waals surface area contributed by atoms with Gasteiger partial charge in [0.25, 0.3) is 0 Å². The summed E-state index contributed by atoms with van der Waals surface area (Å²) in [6.45, 7) is 5.88. The number of ether oxygens (including phenoxy) is 2. The van der Waals surface area contributed by atoms with Crippen LogP contribution in [-0.2, 0) is 0 Å². The van der Waals surface area contributed by atoms with Crippen LogP contribution in [0.5, 0.6) is 11.5 Å². The molecule has 3 nitrogen and oxygen atoms in total. The lowest BCUT2D eigenvalue weighted by Gasteiger charge is -2.31. The number of benzene rings is 1. The maximum absolute atomic E-state index is 6.01. The van der Waals surface area contributed by atoms with Crippen LogP contribution in [-0.4, -0.2) is 20.3 Å². The van der Waals surface area contributed by atoms with Crippen LogP contribution in [0.15, 0.2) is 24.3 Å². The highest BCUT2D eigenvalue weighted by Crippen LogP contribution is 2.33. The van der Waals surface area contributed by atoms with Crippen molar-refractivity contribution in [2.24, 2.45) is 11.1 Å². The van der Waals surface area contributed by atoms with Gasteiger partial charge in [0.1, 0.15) is 0 Å². The minimum absolute atomic E-state index is 0.220. The third-order valence-corrected chi connectivity index (χ3v) is 4.20. The Morgan fingerprint density at radius 3 is 2.35 bits per heavy atom. The smallest absolute Gasteiger partial charge is 0.161 e. The molecule has 0 heterocycles. The summed E-state index contributed by atoms with van der Waals surface area (Å²) in [6.07, 6.45) is 5.75. The molecule has 0 bridgehead atoms. The average Bonchev–Trinajstić information content (AvgIpc) is 2.51. The van der Waals surface area contributed by atoms with Gasteiger partial charge in [-0.05, 0) is 43.4 Å². The standard InChI is InChI=1S/C17H29NO2/c1-4-6-11-17(5-2,14-18)12-13-20-16-10-8-7-9-15(16)19-3/h7-10H,4-6,11-14,18H2,1-3H3. The number of rotatable bonds is 10. The molecular formula is C17H29NO2. The fourth-order valence-electron chi connectivity index (χ4n) is 2.49. The van der Waals surface area contributed by atoms with Gasteiger partial charge in [-0.15, -0.1) is 0 Å². The van der Waals surface area contributed by atoms with Gasteiger partial charge < -0.3 is 15.2 Å². The van der Waals surface area contributed by atoms with Crippen molar-refractivity contribution in [1.29, 1.82) is 0 Å². The monoisotopic (exact) mass is 279 g/mol. The zero-order chi connectivity index (χ0) is 14.8. The quantitative estimate of drug-likeness (QED) is 0.704. The molecule has 0 saturated heterocycles. The molecular weight excluding hydrogens is 250 g/mol. The number of hydrogen-bond donors (Lipinski definition) is 1. The van der Waals surface area contributed by atoms with Gasteiger partial charge >= 0.3 is 0 Å². The molecule has 0 saturated carbocycles. The minimum Gasteiger partial charge on any atom is -0.493 e. The Morgan fingerprint density at radius 1 is 1.10 bits per heavy atom. The fourth-order valence-corrected chi connectivity index (χ4v) is 2.49. The van der Waals surface area contributed by atoms with Crippen LogP contribution < -0.4 is 15.2 Å². The molecule has 114 valence electrons. The molecule has 0 fully saturated rings. The third kappa shape index (κ3) is 4.71. The Bertz CT molecular complexity index is 375. The molecule has 2 N–H and O–H groups in total. The van der Waals surface area contributed by atoms with Crippen molar-refractivity contribution in [3.63, 3.8) is 0 Å². The lowest BCUT2D eigenvalue weighted by Crippen LogP contribution is -2.31. The fraction of sp³-hybridized carbons (Fsp3) is 0.647. The molecule has 1 atom stereocenters. The lowest BCUT2D eigenvalue weighted by atomic mass is 9.77. The molecule has 1 rings (SSSR count). The number of methoxy groups -OCH3 is 1. The molecule has 0 aliphatic rings. The highest BCUT2D eigenvalue weighted by atomic mass is 16.5. The highest BCUT2D eigenvalue weighted by molar-refractivity contribution is 5.39. The van der Waals surface area contributed by atoms with Gasteiger partial charge in [0.15, 0.2) is 11.5 Å². The van der Waals surface area contributed by atoms with Crippen LogP contribution in [0.2, 0.25) is 0 Å². The van der Waals surface area contributed by atoms with Crippen LogP contribution >= 0.6 is 0 Å². The van der Waals surface area contributed by atoms with E-state index in [9.17, 15) is 0 Å². The largest absolute Gasteiger partial charge is 0.493 e. The van der Waals surface area contributed by atoms with Gasteiger partial charge in [-0.2, -0.15) is 0 Å². The summed E-state index contributed by atoms with van der Waals surface area (Å²) in [5.74, 6) is 1.60. The zero-order valence-corrected chi connectivity index (χ0v) is 13.2. The van der Waals surface area contributed by atoms with E-state index >= 15 is 0 Å². The molecule has 1 aromatic carbocycles. The van der Waals surface area contributed by atoms with Crippen LogP contribution in [0.25, 0.3) is 0 Å². The van der Waals surface area contributed by atoms with E-state index in [-0.39, 0.29) is 5.41 Å². The number of para-hydroxylation sites is 2. The molecule has 0 aliphatic carbocycles. The lowest BCUT2D eigenvalue weighted by molar-refractivity contribution is 0.174. The van der Waals surface area contributed by atoms with Crippen molar-refractivity contribution in [2.45, 2.75) is 46.0 Å². The molecule has 0 aliphatic heterocycles. The number of hydrogen-bond acceptors (Lipinski definition) is 3. The topological polar surface area (TPSA) is 44.5 Å². The summed E-state index contributed by atoms with van der Waals surface area (Å²) in [6, 6.07) is 7.78. The SMILES string of the molecule is CCCCC(CC)(CN)CCOc1ccccc1OC. The molecule has 0 radical (unpaired) electrons. The van der Waals surface area contributed by atoms with Gasteiger partial charge in [0.05, 0.1) is 13.7 Å². The summed E-state index contributed by atoms with van der Waals surface area (Å²) >= 11 is 0. The Labute approximate surface area is 123 Å². The summed E-state index contributed by atoms with van der Waals surface area (Å²) in [5.41, 5.74) is 6.23. The summed E-state index contributed by atoms with van der Waals surface area (Å²) < 4.78 is 11.2. The first-order valence-corrected chi connectivity index (χ1v) is 7.67. The van der Waals surface area contributed by atoms with Crippen molar-refractivity contribution in [2.75, 3.05) is 20.3 Å². The van der Waals surface area contributed by atoms with Gasteiger partial charge in [-0.3, -0.25) is 0 Å². The first kappa shape index (κ1) is 16.8.